The fraction of sp³-hybridized carbons (Fsp3) is 0.385. The molecule has 1 N–H and O–H groups in total. The number of carbonyl (C=O) groups excluding carboxylic acids is 2. The van der Waals surface area contributed by atoms with Crippen LogP contribution in [0, 0.1) is 11.6 Å². The molecule has 1 aliphatic rings. The molecule has 1 fully saturated rings. The van der Waals surface area contributed by atoms with Gasteiger partial charge >= 0.3 is 0 Å². The van der Waals surface area contributed by atoms with Crippen molar-refractivity contribution in [3.63, 3.8) is 0 Å². The van der Waals surface area contributed by atoms with E-state index < -0.39 is 23.7 Å². The standard InChI is InChI=1S/C13H14F2N2O2/c1-3-11-12(18)16-7(2)13(19)17(11)10-5-8(14)4-9(15)6-10/h4-7,11H,3H2,1-2H3,(H,16,18). The second-order valence-corrected chi connectivity index (χ2v) is 4.49. The van der Waals surface area contributed by atoms with Gasteiger partial charge in [-0.3, -0.25) is 14.5 Å². The first kappa shape index (κ1) is 13.5. The van der Waals surface area contributed by atoms with E-state index in [2.05, 4.69) is 5.32 Å². The Kier molecular flexibility index (Phi) is 3.50. The van der Waals surface area contributed by atoms with E-state index in [9.17, 15) is 18.4 Å². The van der Waals surface area contributed by atoms with E-state index in [0.717, 1.165) is 23.1 Å². The van der Waals surface area contributed by atoms with Gasteiger partial charge in [-0.2, -0.15) is 0 Å². The minimum atomic E-state index is -0.781. The molecule has 1 heterocycles. The van der Waals surface area contributed by atoms with Crippen molar-refractivity contribution >= 4 is 17.5 Å². The number of nitrogens with one attached hydrogen (secondary N) is 1. The van der Waals surface area contributed by atoms with E-state index in [4.69, 9.17) is 0 Å². The highest BCUT2D eigenvalue weighted by Gasteiger charge is 2.38. The third kappa shape index (κ3) is 2.43. The number of hydrogen-bond donors (Lipinski definition) is 1. The Morgan fingerprint density at radius 3 is 2.32 bits per heavy atom. The molecule has 0 bridgehead atoms. The fourth-order valence-corrected chi connectivity index (χ4v) is 2.20. The van der Waals surface area contributed by atoms with E-state index in [0.29, 0.717) is 6.42 Å². The van der Waals surface area contributed by atoms with Gasteiger partial charge in [0.25, 0.3) is 0 Å². The zero-order valence-electron chi connectivity index (χ0n) is 10.6. The van der Waals surface area contributed by atoms with Gasteiger partial charge in [-0.25, -0.2) is 8.78 Å². The summed E-state index contributed by atoms with van der Waals surface area (Å²) in [6.45, 7) is 3.27. The van der Waals surface area contributed by atoms with Gasteiger partial charge in [0.1, 0.15) is 23.7 Å². The molecule has 0 aromatic heterocycles. The van der Waals surface area contributed by atoms with Crippen molar-refractivity contribution in [2.75, 3.05) is 4.90 Å². The van der Waals surface area contributed by atoms with E-state index in [-0.39, 0.29) is 17.5 Å². The Hall–Kier alpha value is -1.98. The summed E-state index contributed by atoms with van der Waals surface area (Å²) in [7, 11) is 0. The van der Waals surface area contributed by atoms with Crippen LogP contribution in [0.3, 0.4) is 0 Å². The smallest absolute Gasteiger partial charge is 0.250 e. The Labute approximate surface area is 109 Å². The molecule has 6 heteroatoms. The molecule has 19 heavy (non-hydrogen) atoms. The summed E-state index contributed by atoms with van der Waals surface area (Å²) >= 11 is 0. The second-order valence-electron chi connectivity index (χ2n) is 4.49. The SMILES string of the molecule is CCC1C(=O)NC(C)C(=O)N1c1cc(F)cc(F)c1. The molecule has 0 radical (unpaired) electrons. The minimum Gasteiger partial charge on any atom is -0.343 e. The van der Waals surface area contributed by atoms with E-state index in [1.165, 1.54) is 6.92 Å². The number of benzene rings is 1. The Balaban J connectivity index is 2.48. The van der Waals surface area contributed by atoms with Crippen LogP contribution in [0.1, 0.15) is 20.3 Å². The first-order valence-electron chi connectivity index (χ1n) is 6.03. The highest BCUT2D eigenvalue weighted by atomic mass is 19.1. The average molecular weight is 268 g/mol. The van der Waals surface area contributed by atoms with Crippen molar-refractivity contribution in [3.05, 3.63) is 29.8 Å². The summed E-state index contributed by atoms with van der Waals surface area (Å²) in [6.07, 6.45) is 0.364. The van der Waals surface area contributed by atoms with Crippen molar-refractivity contribution in [2.45, 2.75) is 32.4 Å². The summed E-state index contributed by atoms with van der Waals surface area (Å²) in [5.74, 6) is -2.26. The van der Waals surface area contributed by atoms with E-state index >= 15 is 0 Å². The number of rotatable bonds is 2. The van der Waals surface area contributed by atoms with Crippen molar-refractivity contribution in [2.24, 2.45) is 0 Å². The zero-order chi connectivity index (χ0) is 14.2. The third-order valence-electron chi connectivity index (χ3n) is 3.09. The number of anilines is 1. The molecule has 1 aromatic carbocycles. The maximum atomic E-state index is 13.3. The molecule has 0 aliphatic carbocycles. The lowest BCUT2D eigenvalue weighted by molar-refractivity contribution is -0.133. The summed E-state index contributed by atoms with van der Waals surface area (Å²) in [5, 5.41) is 2.54. The van der Waals surface area contributed by atoms with Gasteiger partial charge in [0.15, 0.2) is 0 Å². The summed E-state index contributed by atoms with van der Waals surface area (Å²) in [4.78, 5) is 25.1. The lowest BCUT2D eigenvalue weighted by atomic mass is 10.0. The number of hydrogen-bond acceptors (Lipinski definition) is 2. The van der Waals surface area contributed by atoms with Crippen LogP contribution in [-0.4, -0.2) is 23.9 Å². The molecule has 102 valence electrons. The van der Waals surface area contributed by atoms with Crippen molar-refractivity contribution < 1.29 is 18.4 Å². The lowest BCUT2D eigenvalue weighted by Gasteiger charge is -2.37. The lowest BCUT2D eigenvalue weighted by Crippen LogP contribution is -2.62. The molecule has 0 spiro atoms. The van der Waals surface area contributed by atoms with Crippen LogP contribution in [-0.2, 0) is 9.59 Å². The Morgan fingerprint density at radius 1 is 1.21 bits per heavy atom. The van der Waals surface area contributed by atoms with Crippen LogP contribution in [0.25, 0.3) is 0 Å². The summed E-state index contributed by atoms with van der Waals surface area (Å²) < 4.78 is 26.5. The predicted octanol–water partition coefficient (Wildman–Crippen LogP) is 1.59. The van der Waals surface area contributed by atoms with Crippen molar-refractivity contribution in [1.82, 2.24) is 5.32 Å². The number of halogens is 2. The monoisotopic (exact) mass is 268 g/mol. The first-order chi connectivity index (χ1) is 8.93. The van der Waals surface area contributed by atoms with Crippen LogP contribution in [0.2, 0.25) is 0 Å². The molecule has 4 nitrogen and oxygen atoms in total. The number of piperazine rings is 1. The molecule has 0 saturated carbocycles. The van der Waals surface area contributed by atoms with Crippen molar-refractivity contribution in [1.29, 1.82) is 0 Å². The zero-order valence-corrected chi connectivity index (χ0v) is 10.6. The molecule has 2 unspecified atom stereocenters. The van der Waals surface area contributed by atoms with E-state index in [1.54, 1.807) is 6.92 Å². The van der Waals surface area contributed by atoms with Crippen LogP contribution in [0.15, 0.2) is 18.2 Å². The quantitative estimate of drug-likeness (QED) is 0.885. The molecule has 2 atom stereocenters. The van der Waals surface area contributed by atoms with Gasteiger partial charge in [-0.15, -0.1) is 0 Å². The number of carbonyl (C=O) groups is 2. The van der Waals surface area contributed by atoms with Gasteiger partial charge < -0.3 is 5.32 Å². The molecule has 2 amide bonds. The van der Waals surface area contributed by atoms with Crippen LogP contribution in [0.4, 0.5) is 14.5 Å². The average Bonchev–Trinajstić information content (AvgIpc) is 2.32. The molecule has 1 aromatic rings. The minimum absolute atomic E-state index is 0.0658. The molecular formula is C13H14F2N2O2. The van der Waals surface area contributed by atoms with Gasteiger partial charge in [-0.05, 0) is 25.5 Å². The fourth-order valence-electron chi connectivity index (χ4n) is 2.20. The first-order valence-corrected chi connectivity index (χ1v) is 6.03. The highest BCUT2D eigenvalue weighted by Crippen LogP contribution is 2.24. The predicted molar refractivity (Wildman–Crippen MR) is 65.5 cm³/mol. The molecule has 2 rings (SSSR count). The Bertz CT molecular complexity index is 513. The maximum Gasteiger partial charge on any atom is 0.250 e. The van der Waals surface area contributed by atoms with E-state index in [1.807, 2.05) is 0 Å². The summed E-state index contributed by atoms with van der Waals surface area (Å²) in [6, 6.07) is 1.37. The highest BCUT2D eigenvalue weighted by molar-refractivity contribution is 6.08. The normalized spacial score (nSPS) is 23.5. The van der Waals surface area contributed by atoms with Crippen LogP contribution < -0.4 is 10.2 Å². The van der Waals surface area contributed by atoms with Gasteiger partial charge in [0, 0.05) is 6.07 Å². The number of amides is 2. The van der Waals surface area contributed by atoms with Crippen molar-refractivity contribution in [3.8, 4) is 0 Å². The topological polar surface area (TPSA) is 49.4 Å². The van der Waals surface area contributed by atoms with Crippen LogP contribution >= 0.6 is 0 Å². The second kappa shape index (κ2) is 4.95. The Morgan fingerprint density at radius 2 is 1.79 bits per heavy atom. The maximum absolute atomic E-state index is 13.3. The number of nitrogens with zero attached hydrogens (tertiary/aromatic N) is 1. The molecular weight excluding hydrogens is 254 g/mol. The molecule has 1 aliphatic heterocycles. The summed E-state index contributed by atoms with van der Waals surface area (Å²) in [5.41, 5.74) is 0.0658. The molecule has 1 saturated heterocycles. The van der Waals surface area contributed by atoms with Crippen LogP contribution in [0.5, 0.6) is 0 Å². The largest absolute Gasteiger partial charge is 0.343 e. The van der Waals surface area contributed by atoms with Gasteiger partial charge in [-0.1, -0.05) is 6.92 Å². The van der Waals surface area contributed by atoms with Gasteiger partial charge in [0.2, 0.25) is 11.8 Å². The third-order valence-corrected chi connectivity index (χ3v) is 3.09. The van der Waals surface area contributed by atoms with Gasteiger partial charge in [0.05, 0.1) is 5.69 Å².